The molecule has 0 spiro atoms. The second-order valence-electron chi connectivity index (χ2n) is 4.22. The monoisotopic (exact) mass is 275 g/mol. The van der Waals surface area contributed by atoms with Crippen LogP contribution in [0.4, 0.5) is 5.69 Å². The zero-order valence-electron chi connectivity index (χ0n) is 11.2. The number of benzene rings is 1. The van der Waals surface area contributed by atoms with Crippen molar-refractivity contribution in [2.75, 3.05) is 18.0 Å². The van der Waals surface area contributed by atoms with Gasteiger partial charge in [-0.1, -0.05) is 11.3 Å². The number of carbonyl (C=O) groups is 1. The van der Waals surface area contributed by atoms with Crippen LogP contribution >= 0.6 is 0 Å². The number of nitrogens with two attached hydrogens (primary N) is 1. The van der Waals surface area contributed by atoms with E-state index in [1.54, 1.807) is 24.4 Å². The number of hydrogen-bond acceptors (Lipinski definition) is 5. The van der Waals surface area contributed by atoms with Gasteiger partial charge in [0.15, 0.2) is 5.69 Å². The van der Waals surface area contributed by atoms with Gasteiger partial charge in [0.05, 0.1) is 12.7 Å². The third-order valence-corrected chi connectivity index (χ3v) is 2.82. The smallest absolute Gasteiger partial charge is 0.280 e. The fraction of sp³-hybridized carbons (Fsp3) is 0.308. The van der Waals surface area contributed by atoms with Gasteiger partial charge in [-0.25, -0.2) is 0 Å². The van der Waals surface area contributed by atoms with E-state index in [9.17, 15) is 9.90 Å². The van der Waals surface area contributed by atoms with Crippen molar-refractivity contribution in [3.05, 3.63) is 36.2 Å². The Morgan fingerprint density at radius 1 is 1.50 bits per heavy atom. The summed E-state index contributed by atoms with van der Waals surface area (Å²) in [6.07, 6.45) is 1.57. The molecule has 1 amide bonds. The van der Waals surface area contributed by atoms with Crippen molar-refractivity contribution in [2.45, 2.75) is 13.5 Å². The van der Waals surface area contributed by atoms with Crippen molar-refractivity contribution < 1.29 is 9.90 Å². The molecule has 1 aromatic carbocycles. The van der Waals surface area contributed by atoms with Crippen molar-refractivity contribution in [1.29, 1.82) is 0 Å². The van der Waals surface area contributed by atoms with E-state index in [1.165, 1.54) is 15.6 Å². The highest BCUT2D eigenvalue weighted by atomic mass is 16.3. The number of phenolic OH excluding ortho intramolecular Hbond substituents is 1. The van der Waals surface area contributed by atoms with Gasteiger partial charge in [-0.05, 0) is 19.1 Å². The molecule has 7 nitrogen and oxygen atoms in total. The van der Waals surface area contributed by atoms with Crippen molar-refractivity contribution >= 4 is 11.6 Å². The van der Waals surface area contributed by atoms with Crippen LogP contribution in [-0.4, -0.2) is 39.1 Å². The molecule has 0 saturated heterocycles. The summed E-state index contributed by atoms with van der Waals surface area (Å²) >= 11 is 0. The molecular weight excluding hydrogens is 258 g/mol. The second-order valence-corrected chi connectivity index (χ2v) is 4.22. The zero-order valence-corrected chi connectivity index (χ0v) is 11.2. The van der Waals surface area contributed by atoms with E-state index in [1.807, 2.05) is 6.92 Å². The Balaban J connectivity index is 2.24. The molecule has 0 radical (unpaired) electrons. The number of amides is 1. The first-order valence-electron chi connectivity index (χ1n) is 6.36. The molecule has 3 N–H and O–H groups in total. The third-order valence-electron chi connectivity index (χ3n) is 2.82. The Morgan fingerprint density at radius 3 is 2.95 bits per heavy atom. The molecule has 20 heavy (non-hydrogen) atoms. The molecule has 7 heteroatoms. The molecule has 0 aliphatic rings. The number of anilines is 1. The highest BCUT2D eigenvalue weighted by Crippen LogP contribution is 2.21. The SMILES string of the molecule is CCN(C(=O)c1cn(CCN)nn1)c1cccc(O)c1. The first-order chi connectivity index (χ1) is 9.65. The molecule has 1 aromatic heterocycles. The van der Waals surface area contributed by atoms with Gasteiger partial charge in [-0.15, -0.1) is 5.10 Å². The lowest BCUT2D eigenvalue weighted by Crippen LogP contribution is -2.30. The summed E-state index contributed by atoms with van der Waals surface area (Å²) in [6.45, 7) is 3.26. The Kier molecular flexibility index (Phi) is 4.31. The van der Waals surface area contributed by atoms with Crippen LogP contribution in [0.15, 0.2) is 30.5 Å². The standard InChI is InChI=1S/C13H17N5O2/c1-2-18(10-4-3-5-11(19)8-10)13(20)12-9-17(7-6-14)16-15-12/h3-5,8-9,19H,2,6-7,14H2,1H3. The van der Waals surface area contributed by atoms with E-state index < -0.39 is 0 Å². The second kappa shape index (κ2) is 6.16. The Hall–Kier alpha value is -2.41. The average molecular weight is 275 g/mol. The van der Waals surface area contributed by atoms with E-state index in [0.29, 0.717) is 25.3 Å². The topological polar surface area (TPSA) is 97.3 Å². The molecule has 2 aromatic rings. The Labute approximate surface area is 116 Å². The summed E-state index contributed by atoms with van der Waals surface area (Å²) in [5, 5.41) is 17.2. The maximum absolute atomic E-state index is 12.4. The molecule has 1 heterocycles. The first-order valence-corrected chi connectivity index (χ1v) is 6.36. The van der Waals surface area contributed by atoms with Gasteiger partial charge >= 0.3 is 0 Å². The molecule has 0 unspecified atom stereocenters. The van der Waals surface area contributed by atoms with E-state index >= 15 is 0 Å². The maximum Gasteiger partial charge on any atom is 0.280 e. The van der Waals surface area contributed by atoms with Crippen LogP contribution in [-0.2, 0) is 6.54 Å². The Morgan fingerprint density at radius 2 is 2.30 bits per heavy atom. The van der Waals surface area contributed by atoms with Gasteiger partial charge in [0.2, 0.25) is 0 Å². The van der Waals surface area contributed by atoms with Gasteiger partial charge < -0.3 is 15.7 Å². The summed E-state index contributed by atoms with van der Waals surface area (Å²) in [6, 6.07) is 6.53. The lowest BCUT2D eigenvalue weighted by Gasteiger charge is -2.19. The number of rotatable bonds is 5. The molecule has 0 fully saturated rings. The fourth-order valence-corrected chi connectivity index (χ4v) is 1.88. The molecule has 0 saturated carbocycles. The van der Waals surface area contributed by atoms with Crippen molar-refractivity contribution in [2.24, 2.45) is 5.73 Å². The summed E-state index contributed by atoms with van der Waals surface area (Å²) in [4.78, 5) is 13.9. The normalized spacial score (nSPS) is 10.5. The number of aromatic nitrogens is 3. The van der Waals surface area contributed by atoms with Gasteiger partial charge in [-0.3, -0.25) is 9.48 Å². The lowest BCUT2D eigenvalue weighted by atomic mass is 10.2. The predicted octanol–water partition coefficient (Wildman–Crippen LogP) is 0.609. The van der Waals surface area contributed by atoms with Gasteiger partial charge in [0.25, 0.3) is 5.91 Å². The molecule has 0 bridgehead atoms. The van der Waals surface area contributed by atoms with Crippen molar-refractivity contribution in [3.8, 4) is 5.75 Å². The van der Waals surface area contributed by atoms with Crippen LogP contribution in [0.5, 0.6) is 5.75 Å². The van der Waals surface area contributed by atoms with E-state index in [4.69, 9.17) is 5.73 Å². The summed E-state index contributed by atoms with van der Waals surface area (Å²) in [7, 11) is 0. The van der Waals surface area contributed by atoms with Gasteiger partial charge in [0.1, 0.15) is 5.75 Å². The van der Waals surface area contributed by atoms with E-state index in [0.717, 1.165) is 0 Å². The number of phenols is 1. The minimum absolute atomic E-state index is 0.112. The van der Waals surface area contributed by atoms with Crippen LogP contribution < -0.4 is 10.6 Å². The third kappa shape index (κ3) is 2.94. The fourth-order valence-electron chi connectivity index (χ4n) is 1.88. The number of carbonyl (C=O) groups excluding carboxylic acids is 1. The first kappa shape index (κ1) is 14.0. The molecule has 106 valence electrons. The highest BCUT2D eigenvalue weighted by molar-refractivity contribution is 6.04. The van der Waals surface area contributed by atoms with Crippen molar-refractivity contribution in [3.63, 3.8) is 0 Å². The lowest BCUT2D eigenvalue weighted by molar-refractivity contribution is 0.0983. The van der Waals surface area contributed by atoms with Crippen LogP contribution in [0.25, 0.3) is 0 Å². The quantitative estimate of drug-likeness (QED) is 0.833. The summed E-state index contributed by atoms with van der Waals surface area (Å²) < 4.78 is 1.53. The van der Waals surface area contributed by atoms with Crippen molar-refractivity contribution in [1.82, 2.24) is 15.0 Å². The molecular formula is C13H17N5O2. The number of hydrogen-bond donors (Lipinski definition) is 2. The molecule has 0 atom stereocenters. The van der Waals surface area contributed by atoms with E-state index in [-0.39, 0.29) is 17.4 Å². The minimum atomic E-state index is -0.263. The largest absolute Gasteiger partial charge is 0.508 e. The Bertz CT molecular complexity index is 596. The van der Waals surface area contributed by atoms with E-state index in [2.05, 4.69) is 10.3 Å². The van der Waals surface area contributed by atoms with Gasteiger partial charge in [0, 0.05) is 24.8 Å². The molecule has 0 aliphatic carbocycles. The van der Waals surface area contributed by atoms with Crippen LogP contribution in [0.2, 0.25) is 0 Å². The number of nitrogens with zero attached hydrogens (tertiary/aromatic N) is 4. The molecule has 0 aliphatic heterocycles. The molecule has 2 rings (SSSR count). The van der Waals surface area contributed by atoms with Crippen LogP contribution in [0.3, 0.4) is 0 Å². The zero-order chi connectivity index (χ0) is 14.5. The maximum atomic E-state index is 12.4. The summed E-state index contributed by atoms with van der Waals surface area (Å²) in [5.41, 5.74) is 6.30. The van der Waals surface area contributed by atoms with Crippen LogP contribution in [0, 0.1) is 0 Å². The van der Waals surface area contributed by atoms with Gasteiger partial charge in [-0.2, -0.15) is 0 Å². The average Bonchev–Trinajstić information content (AvgIpc) is 2.89. The number of aromatic hydroxyl groups is 1. The summed E-state index contributed by atoms with van der Waals surface area (Å²) in [5.74, 6) is -0.151. The predicted molar refractivity (Wildman–Crippen MR) is 74.5 cm³/mol. The van der Waals surface area contributed by atoms with Crippen LogP contribution in [0.1, 0.15) is 17.4 Å². The minimum Gasteiger partial charge on any atom is -0.508 e. The highest BCUT2D eigenvalue weighted by Gasteiger charge is 2.19.